The zero-order valence-corrected chi connectivity index (χ0v) is 27.5. The van der Waals surface area contributed by atoms with Gasteiger partial charge in [-0.15, -0.1) is 0 Å². The van der Waals surface area contributed by atoms with Gasteiger partial charge in [-0.1, -0.05) is 18.2 Å². The summed E-state index contributed by atoms with van der Waals surface area (Å²) in [5, 5.41) is 11.0. The molecule has 3 aromatic rings. The fraction of sp³-hybridized carbons (Fsp3) is 0.424. The van der Waals surface area contributed by atoms with Gasteiger partial charge in [0.1, 0.15) is 11.2 Å². The van der Waals surface area contributed by atoms with Crippen LogP contribution < -0.4 is 13.9 Å². The first-order chi connectivity index (χ1) is 21.0. The Morgan fingerprint density at radius 1 is 0.867 bits per heavy atom. The van der Waals surface area contributed by atoms with Crippen LogP contribution in [0.1, 0.15) is 59.1 Å². The molecule has 1 N–H and O–H groups in total. The zero-order valence-electron chi connectivity index (χ0n) is 26.7. The van der Waals surface area contributed by atoms with Gasteiger partial charge in [0.25, 0.3) is 0 Å². The van der Waals surface area contributed by atoms with E-state index in [0.717, 1.165) is 27.2 Å². The van der Waals surface area contributed by atoms with Crippen molar-refractivity contribution in [2.45, 2.75) is 65.7 Å². The van der Waals surface area contributed by atoms with Crippen LogP contribution in [0.4, 0.5) is 21.0 Å². The maximum Gasteiger partial charge on any atom is 0.422 e. The van der Waals surface area contributed by atoms with Crippen molar-refractivity contribution in [1.29, 1.82) is 5.26 Å². The molecule has 1 aliphatic heterocycles. The van der Waals surface area contributed by atoms with E-state index in [0.29, 0.717) is 43.0 Å². The molecule has 1 fully saturated rings. The molecular formula is C33H41N5O6S. The van der Waals surface area contributed by atoms with E-state index < -0.39 is 27.5 Å². The third-order valence-corrected chi connectivity index (χ3v) is 8.26. The van der Waals surface area contributed by atoms with E-state index in [4.69, 9.17) is 9.47 Å². The SMILES string of the molecule is CC(C)(C)OC(=O)NS(=O)(=O)N(Cc1ccc2ccc(C#N)cc2c1)c1ccc(N2CCCN(C(=O)OC(C)(C)C)CC2)cc1. The van der Waals surface area contributed by atoms with E-state index in [2.05, 4.69) is 11.0 Å². The summed E-state index contributed by atoms with van der Waals surface area (Å²) in [5.41, 5.74) is 0.896. The molecule has 0 unspecified atom stereocenters. The molecule has 2 amide bonds. The second-order valence-electron chi connectivity index (χ2n) is 12.9. The predicted octanol–water partition coefficient (Wildman–Crippen LogP) is 5.93. The quantitative estimate of drug-likeness (QED) is 0.352. The van der Waals surface area contributed by atoms with E-state index in [1.807, 2.05) is 61.9 Å². The summed E-state index contributed by atoms with van der Waals surface area (Å²) in [5.74, 6) is 0. The minimum Gasteiger partial charge on any atom is -0.444 e. The molecule has 3 aromatic carbocycles. The number of hydrogen-bond donors (Lipinski definition) is 1. The number of carbonyl (C=O) groups is 2. The molecule has 0 bridgehead atoms. The number of nitrogens with zero attached hydrogens (tertiary/aromatic N) is 4. The van der Waals surface area contributed by atoms with Crippen molar-refractivity contribution in [2.24, 2.45) is 0 Å². The van der Waals surface area contributed by atoms with Crippen LogP contribution in [-0.4, -0.2) is 62.9 Å². The number of fused-ring (bicyclic) bond motifs is 1. The third-order valence-electron chi connectivity index (χ3n) is 6.91. The van der Waals surface area contributed by atoms with Gasteiger partial charge < -0.3 is 19.3 Å². The van der Waals surface area contributed by atoms with Crippen LogP contribution in [0, 0.1) is 11.3 Å². The molecule has 1 heterocycles. The Morgan fingerprint density at radius 2 is 1.53 bits per heavy atom. The Kier molecular flexibility index (Phi) is 9.83. The maximum atomic E-state index is 13.6. The van der Waals surface area contributed by atoms with Gasteiger partial charge in [-0.2, -0.15) is 13.7 Å². The van der Waals surface area contributed by atoms with Crippen molar-refractivity contribution in [3.63, 3.8) is 0 Å². The Labute approximate surface area is 265 Å². The molecule has 11 nitrogen and oxygen atoms in total. The highest BCUT2D eigenvalue weighted by Gasteiger charge is 2.29. The second-order valence-corrected chi connectivity index (χ2v) is 14.5. The number of anilines is 2. The third kappa shape index (κ3) is 9.25. The van der Waals surface area contributed by atoms with Gasteiger partial charge >= 0.3 is 22.4 Å². The number of ether oxygens (including phenoxy) is 2. The van der Waals surface area contributed by atoms with E-state index in [1.165, 1.54) is 0 Å². The van der Waals surface area contributed by atoms with Crippen LogP contribution in [-0.2, 0) is 26.2 Å². The van der Waals surface area contributed by atoms with Gasteiger partial charge in [0.05, 0.1) is 23.9 Å². The van der Waals surface area contributed by atoms with Gasteiger partial charge in [0.15, 0.2) is 0 Å². The lowest BCUT2D eigenvalue weighted by Gasteiger charge is -2.28. The molecule has 12 heteroatoms. The summed E-state index contributed by atoms with van der Waals surface area (Å²) < 4.78 is 41.2. The average molecular weight is 636 g/mol. The lowest BCUT2D eigenvalue weighted by molar-refractivity contribution is 0.0263. The molecule has 0 spiro atoms. The standard InChI is InChI=1S/C33H41N5O6S/c1-32(2,3)43-30(39)35-45(41,42)38(23-25-9-11-26-10-8-24(22-34)20-27(26)21-25)29-14-12-28(13-15-29)36-16-7-17-37(19-18-36)31(40)44-33(4,5)6/h8-15,20-21H,7,16-19,23H2,1-6H3,(H,35,39). The zero-order chi connectivity index (χ0) is 33.0. The van der Waals surface area contributed by atoms with Crippen LogP contribution in [0.2, 0.25) is 0 Å². The van der Waals surface area contributed by atoms with E-state index >= 15 is 0 Å². The number of amides is 2. The van der Waals surface area contributed by atoms with E-state index in [-0.39, 0.29) is 12.6 Å². The largest absolute Gasteiger partial charge is 0.444 e. The van der Waals surface area contributed by atoms with Crippen molar-refractivity contribution < 1.29 is 27.5 Å². The molecule has 0 atom stereocenters. The highest BCUT2D eigenvalue weighted by Crippen LogP contribution is 2.27. The summed E-state index contributed by atoms with van der Waals surface area (Å²) in [6.07, 6.45) is -0.674. The molecule has 0 aliphatic carbocycles. The smallest absolute Gasteiger partial charge is 0.422 e. The maximum absolute atomic E-state index is 13.6. The van der Waals surface area contributed by atoms with Crippen LogP contribution in [0.25, 0.3) is 10.8 Å². The monoisotopic (exact) mass is 635 g/mol. The van der Waals surface area contributed by atoms with Gasteiger partial charge in [0.2, 0.25) is 0 Å². The molecule has 0 aromatic heterocycles. The average Bonchev–Trinajstić information content (AvgIpc) is 3.20. The molecule has 0 saturated carbocycles. The van der Waals surface area contributed by atoms with Gasteiger partial charge in [-0.25, -0.2) is 18.6 Å². The van der Waals surface area contributed by atoms with Crippen LogP contribution in [0.5, 0.6) is 0 Å². The summed E-state index contributed by atoms with van der Waals surface area (Å²) in [7, 11) is -4.40. The van der Waals surface area contributed by atoms with Crippen LogP contribution in [0.15, 0.2) is 60.7 Å². The minimum absolute atomic E-state index is 0.0846. The fourth-order valence-electron chi connectivity index (χ4n) is 4.92. The number of hydrogen-bond acceptors (Lipinski definition) is 8. The molecular weight excluding hydrogens is 594 g/mol. The van der Waals surface area contributed by atoms with Crippen LogP contribution >= 0.6 is 0 Å². The normalized spacial score (nSPS) is 14.3. The van der Waals surface area contributed by atoms with Gasteiger partial charge in [0, 0.05) is 31.9 Å². The number of nitriles is 1. The summed E-state index contributed by atoms with van der Waals surface area (Å²) in [6, 6.07) is 20.0. The number of nitrogens with one attached hydrogen (secondary N) is 1. The van der Waals surface area contributed by atoms with E-state index in [1.54, 1.807) is 49.9 Å². The highest BCUT2D eigenvalue weighted by atomic mass is 32.2. The lowest BCUT2D eigenvalue weighted by Crippen LogP contribution is -2.45. The Hall–Kier alpha value is -4.50. The highest BCUT2D eigenvalue weighted by molar-refractivity contribution is 7.91. The van der Waals surface area contributed by atoms with Crippen molar-refractivity contribution in [1.82, 2.24) is 9.62 Å². The van der Waals surface area contributed by atoms with Crippen molar-refractivity contribution in [2.75, 3.05) is 35.4 Å². The first-order valence-corrected chi connectivity index (χ1v) is 16.3. The van der Waals surface area contributed by atoms with Crippen molar-refractivity contribution >= 4 is 44.5 Å². The Bertz CT molecular complexity index is 1690. The molecule has 240 valence electrons. The number of rotatable bonds is 6. The first kappa shape index (κ1) is 33.4. The predicted molar refractivity (Wildman–Crippen MR) is 174 cm³/mol. The Morgan fingerprint density at radius 3 is 2.18 bits per heavy atom. The minimum atomic E-state index is -4.40. The number of carbonyl (C=O) groups excluding carboxylic acids is 2. The van der Waals surface area contributed by atoms with Gasteiger partial charge in [-0.05, 0) is 107 Å². The van der Waals surface area contributed by atoms with Crippen LogP contribution in [0.3, 0.4) is 0 Å². The molecule has 45 heavy (non-hydrogen) atoms. The summed E-state index contributed by atoms with van der Waals surface area (Å²) >= 11 is 0. The molecule has 0 radical (unpaired) electrons. The lowest BCUT2D eigenvalue weighted by atomic mass is 10.0. The fourth-order valence-corrected chi connectivity index (χ4v) is 6.00. The topological polar surface area (TPSA) is 132 Å². The number of benzene rings is 3. The van der Waals surface area contributed by atoms with Crippen molar-refractivity contribution in [3.8, 4) is 6.07 Å². The van der Waals surface area contributed by atoms with Crippen molar-refractivity contribution in [3.05, 3.63) is 71.8 Å². The molecule has 1 aliphatic rings. The summed E-state index contributed by atoms with van der Waals surface area (Å²) in [6.45, 7) is 12.8. The second kappa shape index (κ2) is 13.2. The summed E-state index contributed by atoms with van der Waals surface area (Å²) in [4.78, 5) is 29.0. The molecule has 1 saturated heterocycles. The first-order valence-electron chi connectivity index (χ1n) is 14.8. The Balaban J connectivity index is 1.59. The van der Waals surface area contributed by atoms with Gasteiger partial charge in [-0.3, -0.25) is 0 Å². The molecule has 4 rings (SSSR count). The van der Waals surface area contributed by atoms with E-state index in [9.17, 15) is 23.3 Å².